The zero-order valence-corrected chi connectivity index (χ0v) is 11.6. The summed E-state index contributed by atoms with van der Waals surface area (Å²) in [5.74, 6) is 0. The van der Waals surface area contributed by atoms with Crippen molar-refractivity contribution in [3.05, 3.63) is 52.5 Å². The summed E-state index contributed by atoms with van der Waals surface area (Å²) < 4.78 is 6.46. The number of fused-ring (bicyclic) bond motifs is 1. The molecule has 0 spiro atoms. The Morgan fingerprint density at radius 3 is 2.80 bits per heavy atom. The fourth-order valence-corrected chi connectivity index (χ4v) is 2.20. The molecule has 2 radical (unpaired) electrons. The highest BCUT2D eigenvalue weighted by molar-refractivity contribution is 5.79. The van der Waals surface area contributed by atoms with Crippen LogP contribution in [0.5, 0.6) is 0 Å². The lowest BCUT2D eigenvalue weighted by Crippen LogP contribution is -1.94. The number of rotatable bonds is 2. The minimum Gasteiger partial charge on any atom is -0.334 e. The van der Waals surface area contributed by atoms with E-state index in [2.05, 4.69) is 24.0 Å². The molecule has 0 aliphatic carbocycles. The number of aryl methyl sites for hydroxylation is 2. The van der Waals surface area contributed by atoms with Crippen molar-refractivity contribution < 1.29 is 4.52 Å². The average Bonchev–Trinajstić information content (AvgIpc) is 2.74. The predicted octanol–water partition coefficient (Wildman–Crippen LogP) is 2.11. The van der Waals surface area contributed by atoms with Crippen LogP contribution in [-0.4, -0.2) is 18.1 Å². The quantitative estimate of drug-likeness (QED) is 0.667. The van der Waals surface area contributed by atoms with Gasteiger partial charge in [-0.2, -0.15) is 0 Å². The van der Waals surface area contributed by atoms with Gasteiger partial charge >= 0.3 is 5.63 Å². The van der Waals surface area contributed by atoms with E-state index in [4.69, 9.17) is 4.52 Å². The van der Waals surface area contributed by atoms with Crippen LogP contribution in [0.15, 0.2) is 45.8 Å². The normalized spacial score (nSPS) is 10.5. The first-order chi connectivity index (χ1) is 9.19. The Bertz CT molecular complexity index is 805. The highest BCUT2D eigenvalue weighted by Gasteiger charge is 2.09. The third-order valence-corrected chi connectivity index (χ3v) is 3.29. The van der Waals surface area contributed by atoms with E-state index in [-0.39, 0.29) is 8.41 Å². The van der Waals surface area contributed by atoms with Gasteiger partial charge in [-0.1, -0.05) is 31.2 Å². The van der Waals surface area contributed by atoms with E-state index in [1.165, 1.54) is 10.3 Å². The summed E-state index contributed by atoms with van der Waals surface area (Å²) in [6.45, 7) is 2.13. The summed E-state index contributed by atoms with van der Waals surface area (Å²) in [6.07, 6.45) is 2.71. The first-order valence-corrected chi connectivity index (χ1v) is 6.24. The lowest BCUT2D eigenvalue weighted by molar-refractivity contribution is 0.296. The number of aromatic nitrogens is 2. The van der Waals surface area contributed by atoms with Crippen molar-refractivity contribution >= 4 is 19.4 Å². The summed E-state index contributed by atoms with van der Waals surface area (Å²) in [5, 5.41) is 0. The molecule has 0 N–H and O–H groups in total. The fourth-order valence-electron chi connectivity index (χ4n) is 2.20. The van der Waals surface area contributed by atoms with Crippen LogP contribution < -0.4 is 5.63 Å². The van der Waals surface area contributed by atoms with E-state index in [1.54, 1.807) is 13.2 Å². The van der Waals surface area contributed by atoms with Crippen LogP contribution >= 0.6 is 0 Å². The molecule has 0 aliphatic rings. The van der Waals surface area contributed by atoms with Gasteiger partial charge in [0.15, 0.2) is 5.52 Å². The summed E-state index contributed by atoms with van der Waals surface area (Å²) in [4.78, 5) is 15.7. The van der Waals surface area contributed by atoms with Crippen molar-refractivity contribution in [2.24, 2.45) is 7.05 Å². The second-order valence-corrected chi connectivity index (χ2v) is 4.52. The second-order valence-electron chi connectivity index (χ2n) is 4.52. The lowest BCUT2D eigenvalue weighted by atomic mass is 10.0. The van der Waals surface area contributed by atoms with Gasteiger partial charge in [-0.05, 0) is 23.6 Å². The Morgan fingerprint density at radius 2 is 2.05 bits per heavy atom. The Morgan fingerprint density at radius 1 is 1.25 bits per heavy atom. The molecular formula is C15H15BN2O2. The summed E-state index contributed by atoms with van der Waals surface area (Å²) in [6, 6.07) is 10.2. The van der Waals surface area contributed by atoms with Gasteiger partial charge in [0.2, 0.25) is 0 Å². The van der Waals surface area contributed by atoms with Crippen molar-refractivity contribution in [2.45, 2.75) is 13.3 Å². The van der Waals surface area contributed by atoms with E-state index < -0.39 is 5.63 Å². The largest absolute Gasteiger partial charge is 0.383 e. The number of nitrogens with zero attached hydrogens (tertiary/aromatic N) is 2. The maximum Gasteiger partial charge on any atom is 0.383 e. The van der Waals surface area contributed by atoms with E-state index in [0.717, 1.165) is 17.5 Å². The van der Waals surface area contributed by atoms with E-state index >= 15 is 0 Å². The molecule has 0 fully saturated rings. The van der Waals surface area contributed by atoms with Gasteiger partial charge < -0.3 is 4.52 Å². The number of benzene rings is 1. The molecule has 1 aromatic carbocycles. The smallest absolute Gasteiger partial charge is 0.334 e. The zero-order chi connectivity index (χ0) is 13.4. The summed E-state index contributed by atoms with van der Waals surface area (Å²) in [5.41, 5.74) is 4.05. The molecule has 5 heteroatoms. The van der Waals surface area contributed by atoms with Crippen LogP contribution in [-0.2, 0) is 13.5 Å². The molecule has 0 amide bonds. The van der Waals surface area contributed by atoms with Crippen molar-refractivity contribution in [1.82, 2.24) is 9.72 Å². The number of pyridine rings is 1. The maximum absolute atomic E-state index is 11.5. The number of hydrogen-bond donors (Lipinski definition) is 0. The van der Waals surface area contributed by atoms with Gasteiger partial charge in [0.25, 0.3) is 0 Å². The van der Waals surface area contributed by atoms with E-state index in [9.17, 15) is 4.79 Å². The standard InChI is InChI=1S/C15H14N2O2.BH/c1-3-10-5-4-6-11(7-10)12-8-13-14(16-9-12)15(18)19-17(13)2;/h4-9H,3H2,1-2H3;1H. The average molecular weight is 266 g/mol. The van der Waals surface area contributed by atoms with Gasteiger partial charge in [0, 0.05) is 27.2 Å². The third kappa shape index (κ3) is 2.27. The Labute approximate surface area is 118 Å². The molecule has 0 unspecified atom stereocenters. The predicted molar refractivity (Wildman–Crippen MR) is 81.2 cm³/mol. The van der Waals surface area contributed by atoms with Crippen molar-refractivity contribution in [3.63, 3.8) is 0 Å². The van der Waals surface area contributed by atoms with E-state index in [0.29, 0.717) is 11.0 Å². The molecular weight excluding hydrogens is 251 g/mol. The molecule has 20 heavy (non-hydrogen) atoms. The molecule has 0 saturated carbocycles. The highest BCUT2D eigenvalue weighted by Crippen LogP contribution is 2.22. The molecule has 2 aromatic heterocycles. The van der Waals surface area contributed by atoms with Crippen LogP contribution in [0.4, 0.5) is 0 Å². The summed E-state index contributed by atoms with van der Waals surface area (Å²) in [7, 11) is 1.71. The zero-order valence-electron chi connectivity index (χ0n) is 11.6. The van der Waals surface area contributed by atoms with Crippen molar-refractivity contribution in [1.29, 1.82) is 0 Å². The van der Waals surface area contributed by atoms with Gasteiger partial charge in [-0.3, -0.25) is 0 Å². The van der Waals surface area contributed by atoms with E-state index in [1.807, 2.05) is 18.2 Å². The maximum atomic E-state index is 11.5. The molecule has 0 bridgehead atoms. The van der Waals surface area contributed by atoms with Gasteiger partial charge in [-0.15, -0.1) is 0 Å². The van der Waals surface area contributed by atoms with Crippen molar-refractivity contribution in [2.75, 3.05) is 0 Å². The minimum absolute atomic E-state index is 0. The van der Waals surface area contributed by atoms with Crippen LogP contribution in [0.2, 0.25) is 0 Å². The summed E-state index contributed by atoms with van der Waals surface area (Å²) >= 11 is 0. The molecule has 0 aliphatic heterocycles. The molecule has 4 nitrogen and oxygen atoms in total. The topological polar surface area (TPSA) is 48.0 Å². The third-order valence-electron chi connectivity index (χ3n) is 3.29. The Kier molecular flexibility index (Phi) is 3.79. The van der Waals surface area contributed by atoms with Gasteiger partial charge in [0.05, 0.1) is 0 Å². The monoisotopic (exact) mass is 266 g/mol. The molecule has 3 rings (SSSR count). The van der Waals surface area contributed by atoms with Crippen LogP contribution in [0.1, 0.15) is 12.5 Å². The molecule has 100 valence electrons. The minimum atomic E-state index is -0.397. The first-order valence-electron chi connectivity index (χ1n) is 6.24. The molecule has 3 aromatic rings. The Hall–Kier alpha value is -2.30. The van der Waals surface area contributed by atoms with Gasteiger partial charge in [0.1, 0.15) is 5.52 Å². The van der Waals surface area contributed by atoms with Crippen LogP contribution in [0.25, 0.3) is 22.2 Å². The fraction of sp³-hybridized carbons (Fsp3) is 0.200. The lowest BCUT2D eigenvalue weighted by Gasteiger charge is -2.04. The van der Waals surface area contributed by atoms with Crippen LogP contribution in [0.3, 0.4) is 0 Å². The highest BCUT2D eigenvalue weighted by atomic mass is 16.5. The molecule has 0 saturated heterocycles. The van der Waals surface area contributed by atoms with Gasteiger partial charge in [-0.25, -0.2) is 14.5 Å². The van der Waals surface area contributed by atoms with Crippen molar-refractivity contribution in [3.8, 4) is 11.1 Å². The molecule has 0 atom stereocenters. The second kappa shape index (κ2) is 5.37. The first kappa shape index (κ1) is 14.1. The number of hydrogen-bond acceptors (Lipinski definition) is 3. The SMILES string of the molecule is CCc1cccc(-c2cnc3c(=O)on(C)c3c2)c1.[BH]. The van der Waals surface area contributed by atoms with Crippen LogP contribution in [0, 0.1) is 0 Å². The Balaban J connectivity index is 0.00000147. The molecule has 2 heterocycles.